The van der Waals surface area contributed by atoms with Gasteiger partial charge in [-0.2, -0.15) is 0 Å². The molecule has 0 saturated carbocycles. The molecule has 0 saturated heterocycles. The van der Waals surface area contributed by atoms with Gasteiger partial charge < -0.3 is 18.9 Å². The predicted octanol–water partition coefficient (Wildman–Crippen LogP) is 8.92. The number of ether oxygens (including phenoxy) is 4. The van der Waals surface area contributed by atoms with Crippen LogP contribution >= 0.6 is 11.6 Å². The van der Waals surface area contributed by atoms with Crippen LogP contribution < -0.4 is 18.9 Å². The second-order valence-corrected chi connectivity index (χ2v) is 10.8. The van der Waals surface area contributed by atoms with Gasteiger partial charge in [0.2, 0.25) is 0 Å². The Kier molecular flexibility index (Phi) is 7.64. The van der Waals surface area contributed by atoms with E-state index in [2.05, 4.69) is 0 Å². The molecule has 0 atom stereocenters. The van der Waals surface area contributed by atoms with Gasteiger partial charge in [-0.15, -0.1) is 0 Å². The Balaban J connectivity index is 1.17. The highest BCUT2D eigenvalue weighted by Gasteiger charge is 2.21. The van der Waals surface area contributed by atoms with E-state index in [1.165, 1.54) is 0 Å². The molecule has 0 aliphatic rings. The van der Waals surface area contributed by atoms with Crippen LogP contribution in [-0.4, -0.2) is 25.2 Å². The fourth-order valence-electron chi connectivity index (χ4n) is 5.54. The van der Waals surface area contributed by atoms with Crippen molar-refractivity contribution < 1.29 is 28.5 Å². The number of fused-ring (bicyclic) bond motifs is 4. The monoisotopic (exact) mass is 612 g/mol. The summed E-state index contributed by atoms with van der Waals surface area (Å²) in [5.74, 6) is 0.650. The van der Waals surface area contributed by atoms with Crippen LogP contribution in [0.4, 0.5) is 0 Å². The van der Waals surface area contributed by atoms with Gasteiger partial charge in [0.25, 0.3) is 0 Å². The summed E-state index contributed by atoms with van der Waals surface area (Å²) in [6.45, 7) is -0.697. The average molecular weight is 613 g/mol. The third kappa shape index (κ3) is 5.59. The average Bonchev–Trinajstić information content (AvgIpc) is 3.07. The molecule has 7 heteroatoms. The summed E-state index contributed by atoms with van der Waals surface area (Å²) in [5.41, 5.74) is 0. The lowest BCUT2D eigenvalue weighted by molar-refractivity contribution is -0.137. The van der Waals surface area contributed by atoms with E-state index >= 15 is 0 Å². The van der Waals surface area contributed by atoms with E-state index in [1.54, 1.807) is 24.3 Å². The van der Waals surface area contributed by atoms with E-state index in [0.29, 0.717) is 49.6 Å². The number of benzene rings is 7. The highest BCUT2D eigenvalue weighted by molar-refractivity contribution is 6.37. The maximum Gasteiger partial charge on any atom is 0.349 e. The summed E-state index contributed by atoms with van der Waals surface area (Å²) in [7, 11) is 0. The second kappa shape index (κ2) is 12.2. The normalized spacial score (nSPS) is 11.1. The Hall–Kier alpha value is -5.59. The van der Waals surface area contributed by atoms with Gasteiger partial charge in [-0.1, -0.05) is 121 Å². The van der Waals surface area contributed by atoms with Crippen LogP contribution in [0.3, 0.4) is 0 Å². The molecule has 0 aliphatic heterocycles. The van der Waals surface area contributed by atoms with Crippen LogP contribution in [0.2, 0.25) is 5.02 Å². The zero-order chi connectivity index (χ0) is 30.8. The van der Waals surface area contributed by atoms with Crippen LogP contribution in [-0.2, 0) is 9.59 Å². The van der Waals surface area contributed by atoms with Gasteiger partial charge in [-0.3, -0.25) is 0 Å². The maximum atomic E-state index is 13.0. The topological polar surface area (TPSA) is 71.1 Å². The minimum Gasteiger partial charge on any atom is -0.481 e. The largest absolute Gasteiger partial charge is 0.481 e. The third-order valence-electron chi connectivity index (χ3n) is 7.52. The zero-order valence-electron chi connectivity index (χ0n) is 23.9. The quantitative estimate of drug-likeness (QED) is 0.0969. The molecule has 0 aromatic heterocycles. The van der Waals surface area contributed by atoms with Crippen LogP contribution in [0.5, 0.6) is 23.0 Å². The summed E-state index contributed by atoms with van der Waals surface area (Å²) in [6, 6.07) is 39.2. The Morgan fingerprint density at radius 3 is 1.47 bits per heavy atom. The fourth-order valence-corrected chi connectivity index (χ4v) is 5.80. The molecular weight excluding hydrogens is 588 g/mol. The van der Waals surface area contributed by atoms with Gasteiger partial charge in [-0.05, 0) is 29.0 Å². The Morgan fingerprint density at radius 2 is 0.889 bits per heavy atom. The molecule has 0 unspecified atom stereocenters. The first-order chi connectivity index (χ1) is 22.1. The smallest absolute Gasteiger partial charge is 0.349 e. The van der Waals surface area contributed by atoms with Crippen molar-refractivity contribution >= 4 is 66.6 Å². The fraction of sp³-hybridized carbons (Fsp3) is 0.0526. The molecule has 7 aromatic carbocycles. The van der Waals surface area contributed by atoms with Gasteiger partial charge in [0.05, 0.1) is 5.02 Å². The standard InChI is InChI=1S/C38H25ClO6/c39-31-19-9-18-30-36(31)38(43-23-35(41)45-33-21-8-13-25-11-2-4-15-27(25)33)29-17-6-5-16-28(29)37(30)42-22-34(40)44-32-20-7-12-24-10-1-3-14-26(24)32/h1-21H,22-23H2. The Bertz CT molecular complexity index is 2230. The van der Waals surface area contributed by atoms with Crippen LogP contribution in [0, 0.1) is 0 Å². The van der Waals surface area contributed by atoms with Gasteiger partial charge in [-0.25, -0.2) is 9.59 Å². The van der Waals surface area contributed by atoms with E-state index in [4.69, 9.17) is 30.5 Å². The third-order valence-corrected chi connectivity index (χ3v) is 7.83. The Morgan fingerprint density at radius 1 is 0.467 bits per heavy atom. The molecule has 7 aromatic rings. The zero-order valence-corrected chi connectivity index (χ0v) is 24.6. The molecule has 45 heavy (non-hydrogen) atoms. The second-order valence-electron chi connectivity index (χ2n) is 10.3. The van der Waals surface area contributed by atoms with Crippen molar-refractivity contribution in [2.24, 2.45) is 0 Å². The van der Waals surface area contributed by atoms with E-state index in [-0.39, 0.29) is 13.2 Å². The van der Waals surface area contributed by atoms with E-state index < -0.39 is 11.9 Å². The van der Waals surface area contributed by atoms with Crippen molar-refractivity contribution in [3.05, 3.63) is 132 Å². The number of esters is 2. The lowest BCUT2D eigenvalue weighted by atomic mass is 10.0. The van der Waals surface area contributed by atoms with E-state index in [9.17, 15) is 9.59 Å². The van der Waals surface area contributed by atoms with Gasteiger partial charge in [0.1, 0.15) is 23.0 Å². The first-order valence-electron chi connectivity index (χ1n) is 14.3. The molecule has 0 amide bonds. The summed E-state index contributed by atoms with van der Waals surface area (Å²) in [6.07, 6.45) is 0. The van der Waals surface area contributed by atoms with Gasteiger partial charge in [0.15, 0.2) is 13.2 Å². The van der Waals surface area contributed by atoms with Gasteiger partial charge >= 0.3 is 11.9 Å². The lowest BCUT2D eigenvalue weighted by Crippen LogP contribution is -2.19. The molecular formula is C38H25ClO6. The van der Waals surface area contributed by atoms with Crippen LogP contribution in [0.25, 0.3) is 43.1 Å². The molecule has 0 bridgehead atoms. The predicted molar refractivity (Wildman–Crippen MR) is 177 cm³/mol. The van der Waals surface area contributed by atoms with Crippen LogP contribution in [0.1, 0.15) is 0 Å². The molecule has 6 nitrogen and oxygen atoms in total. The van der Waals surface area contributed by atoms with Crippen molar-refractivity contribution in [1.82, 2.24) is 0 Å². The lowest BCUT2D eigenvalue weighted by Gasteiger charge is -2.18. The van der Waals surface area contributed by atoms with Gasteiger partial charge in [0, 0.05) is 32.3 Å². The van der Waals surface area contributed by atoms with Crippen molar-refractivity contribution in [3.63, 3.8) is 0 Å². The highest BCUT2D eigenvalue weighted by Crippen LogP contribution is 2.45. The minimum atomic E-state index is -0.563. The van der Waals surface area contributed by atoms with E-state index in [1.807, 2.05) is 103 Å². The number of hydrogen-bond donors (Lipinski definition) is 0. The highest BCUT2D eigenvalue weighted by atomic mass is 35.5. The van der Waals surface area contributed by atoms with Crippen molar-refractivity contribution in [2.45, 2.75) is 0 Å². The number of halogens is 1. The molecule has 0 N–H and O–H groups in total. The number of hydrogen-bond acceptors (Lipinski definition) is 6. The number of carbonyl (C=O) groups is 2. The van der Waals surface area contributed by atoms with E-state index in [0.717, 1.165) is 21.5 Å². The summed E-state index contributed by atoms with van der Waals surface area (Å²) in [4.78, 5) is 26.0. The SMILES string of the molecule is O=C(COc1c2ccccc2c(OCC(=O)Oc2cccc3ccccc23)c2c(Cl)cccc12)Oc1cccc2ccccc12. The summed E-state index contributed by atoms with van der Waals surface area (Å²) < 4.78 is 23.7. The van der Waals surface area contributed by atoms with Crippen molar-refractivity contribution in [3.8, 4) is 23.0 Å². The molecule has 0 fully saturated rings. The van der Waals surface area contributed by atoms with Crippen LogP contribution in [0.15, 0.2) is 127 Å². The Labute approximate surface area is 263 Å². The molecule has 0 aliphatic carbocycles. The summed E-state index contributed by atoms with van der Waals surface area (Å²) >= 11 is 6.73. The minimum absolute atomic E-state index is 0.341. The first kappa shape index (κ1) is 28.2. The summed E-state index contributed by atoms with van der Waals surface area (Å²) in [5, 5.41) is 6.50. The molecule has 0 radical (unpaired) electrons. The molecule has 7 rings (SSSR count). The molecule has 220 valence electrons. The first-order valence-corrected chi connectivity index (χ1v) is 14.7. The molecule has 0 spiro atoms. The van der Waals surface area contributed by atoms with Crippen molar-refractivity contribution in [1.29, 1.82) is 0 Å². The maximum absolute atomic E-state index is 13.0. The molecule has 0 heterocycles. The number of rotatable bonds is 8. The van der Waals surface area contributed by atoms with Crippen molar-refractivity contribution in [2.75, 3.05) is 13.2 Å². The number of carbonyl (C=O) groups excluding carboxylic acids is 2.